The van der Waals surface area contributed by atoms with Gasteiger partial charge in [0.2, 0.25) is 0 Å². The van der Waals surface area contributed by atoms with E-state index in [1.165, 1.54) is 35.6 Å². The topological polar surface area (TPSA) is 52.7 Å². The molecule has 3 amide bonds. The molecule has 0 aliphatic carbocycles. The van der Waals surface area contributed by atoms with Gasteiger partial charge in [0, 0.05) is 31.9 Å². The van der Waals surface area contributed by atoms with E-state index in [0.29, 0.717) is 31.9 Å². The van der Waals surface area contributed by atoms with Crippen LogP contribution in [0.25, 0.3) is 0 Å². The number of aryl methyl sites for hydroxylation is 1. The van der Waals surface area contributed by atoms with Crippen LogP contribution in [0.2, 0.25) is 0 Å². The van der Waals surface area contributed by atoms with Crippen molar-refractivity contribution in [3.63, 3.8) is 0 Å². The highest BCUT2D eigenvalue weighted by Gasteiger charge is 2.26. The zero-order valence-electron chi connectivity index (χ0n) is 13.3. The molecule has 0 saturated carbocycles. The quantitative estimate of drug-likeness (QED) is 0.907. The van der Waals surface area contributed by atoms with Crippen LogP contribution in [0.3, 0.4) is 0 Å². The van der Waals surface area contributed by atoms with E-state index in [1.807, 2.05) is 18.4 Å². The Morgan fingerprint density at radius 3 is 2.25 bits per heavy atom. The maximum atomic E-state index is 12.9. The summed E-state index contributed by atoms with van der Waals surface area (Å²) in [5.41, 5.74) is 1.54. The molecule has 0 unspecified atom stereocenters. The predicted molar refractivity (Wildman–Crippen MR) is 92.0 cm³/mol. The maximum Gasteiger partial charge on any atom is 0.321 e. The molecule has 3 rings (SSSR count). The highest BCUT2D eigenvalue weighted by molar-refractivity contribution is 7.12. The third kappa shape index (κ3) is 3.56. The van der Waals surface area contributed by atoms with Crippen LogP contribution >= 0.6 is 11.3 Å². The van der Waals surface area contributed by atoms with Crippen LogP contribution in [0.15, 0.2) is 35.7 Å². The van der Waals surface area contributed by atoms with E-state index in [0.717, 1.165) is 10.4 Å². The van der Waals surface area contributed by atoms with Crippen molar-refractivity contribution in [2.45, 2.75) is 6.92 Å². The van der Waals surface area contributed by atoms with Crippen LogP contribution in [0, 0.1) is 12.7 Å². The van der Waals surface area contributed by atoms with Crippen molar-refractivity contribution in [1.82, 2.24) is 9.80 Å². The van der Waals surface area contributed by atoms with Crippen molar-refractivity contribution >= 4 is 29.0 Å². The number of rotatable bonds is 2. The lowest BCUT2D eigenvalue weighted by Gasteiger charge is -2.34. The molecule has 24 heavy (non-hydrogen) atoms. The lowest BCUT2D eigenvalue weighted by Crippen LogP contribution is -2.51. The van der Waals surface area contributed by atoms with Crippen LogP contribution in [0.5, 0.6) is 0 Å². The van der Waals surface area contributed by atoms with Gasteiger partial charge in [0.05, 0.1) is 4.88 Å². The Morgan fingerprint density at radius 2 is 1.67 bits per heavy atom. The number of urea groups is 1. The van der Waals surface area contributed by atoms with E-state index in [-0.39, 0.29) is 17.8 Å². The number of carbonyl (C=O) groups excluding carboxylic acids is 2. The first-order valence-electron chi connectivity index (χ1n) is 7.69. The minimum absolute atomic E-state index is 0.0288. The Labute approximate surface area is 143 Å². The second-order valence-corrected chi connectivity index (χ2v) is 6.57. The molecule has 5 nitrogen and oxygen atoms in total. The van der Waals surface area contributed by atoms with E-state index >= 15 is 0 Å². The summed E-state index contributed by atoms with van der Waals surface area (Å²) in [6.45, 7) is 3.89. The third-order valence-corrected chi connectivity index (χ3v) is 5.01. The van der Waals surface area contributed by atoms with E-state index in [2.05, 4.69) is 5.32 Å². The summed E-state index contributed by atoms with van der Waals surface area (Å²) in [5.74, 6) is -0.315. The van der Waals surface area contributed by atoms with Gasteiger partial charge in [0.15, 0.2) is 0 Å². The van der Waals surface area contributed by atoms with Gasteiger partial charge in [-0.3, -0.25) is 4.79 Å². The van der Waals surface area contributed by atoms with Crippen LogP contribution in [-0.2, 0) is 0 Å². The number of anilines is 1. The second kappa shape index (κ2) is 7.00. The first-order chi connectivity index (χ1) is 11.5. The van der Waals surface area contributed by atoms with E-state index in [9.17, 15) is 14.0 Å². The Morgan fingerprint density at radius 1 is 1.04 bits per heavy atom. The Kier molecular flexibility index (Phi) is 4.80. The Balaban J connectivity index is 1.55. The molecule has 1 aromatic heterocycles. The summed E-state index contributed by atoms with van der Waals surface area (Å²) in [7, 11) is 0. The number of halogens is 1. The fourth-order valence-electron chi connectivity index (χ4n) is 2.58. The molecule has 7 heteroatoms. The highest BCUT2D eigenvalue weighted by atomic mass is 32.1. The minimum atomic E-state index is -0.344. The number of nitrogens with one attached hydrogen (secondary N) is 1. The number of hydrogen-bond donors (Lipinski definition) is 1. The highest BCUT2D eigenvalue weighted by Crippen LogP contribution is 2.19. The fraction of sp³-hybridized carbons (Fsp3) is 0.294. The lowest BCUT2D eigenvalue weighted by molar-refractivity contribution is 0.0676. The summed E-state index contributed by atoms with van der Waals surface area (Å²) in [5, 5.41) is 4.65. The summed E-state index contributed by atoms with van der Waals surface area (Å²) < 4.78 is 12.9. The van der Waals surface area contributed by atoms with Crippen LogP contribution in [0.4, 0.5) is 14.9 Å². The molecule has 0 atom stereocenters. The monoisotopic (exact) mass is 347 g/mol. The molecular weight excluding hydrogens is 329 g/mol. The largest absolute Gasteiger partial charge is 0.334 e. The number of hydrogen-bond acceptors (Lipinski definition) is 3. The zero-order chi connectivity index (χ0) is 17.1. The van der Waals surface area contributed by atoms with E-state index in [4.69, 9.17) is 0 Å². The van der Waals surface area contributed by atoms with Crippen molar-refractivity contribution in [2.24, 2.45) is 0 Å². The number of thiophene rings is 1. The first kappa shape index (κ1) is 16.4. The number of nitrogens with zero attached hydrogens (tertiary/aromatic N) is 2. The molecule has 0 spiro atoms. The van der Waals surface area contributed by atoms with Gasteiger partial charge in [0.25, 0.3) is 5.91 Å². The van der Waals surface area contributed by atoms with Gasteiger partial charge in [-0.2, -0.15) is 0 Å². The van der Waals surface area contributed by atoms with Gasteiger partial charge in [-0.1, -0.05) is 0 Å². The van der Waals surface area contributed by atoms with Gasteiger partial charge >= 0.3 is 6.03 Å². The van der Waals surface area contributed by atoms with E-state index in [1.54, 1.807) is 9.80 Å². The normalized spacial score (nSPS) is 14.6. The van der Waals surface area contributed by atoms with Gasteiger partial charge in [-0.25, -0.2) is 9.18 Å². The zero-order valence-corrected chi connectivity index (χ0v) is 14.1. The van der Waals surface area contributed by atoms with Crippen molar-refractivity contribution in [3.05, 3.63) is 52.0 Å². The van der Waals surface area contributed by atoms with Crippen molar-refractivity contribution in [3.8, 4) is 0 Å². The summed E-state index contributed by atoms with van der Waals surface area (Å²) in [4.78, 5) is 28.9. The molecule has 0 radical (unpaired) electrons. The minimum Gasteiger partial charge on any atom is -0.334 e. The smallest absolute Gasteiger partial charge is 0.321 e. The van der Waals surface area contributed by atoms with Crippen LogP contribution < -0.4 is 5.32 Å². The fourth-order valence-corrected chi connectivity index (χ4v) is 3.48. The average Bonchev–Trinajstić information content (AvgIpc) is 3.02. The molecule has 1 aliphatic rings. The number of piperazine rings is 1. The molecule has 1 N–H and O–H groups in total. The number of amides is 3. The maximum absolute atomic E-state index is 12.9. The van der Waals surface area contributed by atoms with Gasteiger partial charge in [-0.05, 0) is 48.2 Å². The van der Waals surface area contributed by atoms with E-state index < -0.39 is 0 Å². The van der Waals surface area contributed by atoms with Crippen LogP contribution in [-0.4, -0.2) is 47.9 Å². The SMILES string of the molecule is Cc1ccsc1C(=O)N1CCN(C(=O)Nc2ccc(F)cc2)CC1. The van der Waals surface area contributed by atoms with Crippen molar-refractivity contribution in [2.75, 3.05) is 31.5 Å². The second-order valence-electron chi connectivity index (χ2n) is 5.65. The Hall–Kier alpha value is -2.41. The molecular formula is C17H18FN3O2S. The van der Waals surface area contributed by atoms with Crippen molar-refractivity contribution in [1.29, 1.82) is 0 Å². The molecule has 1 aliphatic heterocycles. The molecule has 2 heterocycles. The third-order valence-electron chi connectivity index (χ3n) is 4.01. The van der Waals surface area contributed by atoms with Gasteiger partial charge < -0.3 is 15.1 Å². The molecule has 1 aromatic carbocycles. The summed E-state index contributed by atoms with van der Waals surface area (Å²) >= 11 is 1.45. The Bertz CT molecular complexity index is 737. The molecule has 126 valence electrons. The molecule has 1 fully saturated rings. The summed E-state index contributed by atoms with van der Waals surface area (Å²) in [6, 6.07) is 7.34. The van der Waals surface area contributed by atoms with Gasteiger partial charge in [0.1, 0.15) is 5.82 Å². The first-order valence-corrected chi connectivity index (χ1v) is 8.57. The summed E-state index contributed by atoms with van der Waals surface area (Å²) in [6.07, 6.45) is 0. The predicted octanol–water partition coefficient (Wildman–Crippen LogP) is 3.19. The standard InChI is InChI=1S/C17H18FN3O2S/c1-12-6-11-24-15(12)16(22)20-7-9-21(10-8-20)17(23)19-14-4-2-13(18)3-5-14/h2-6,11H,7-10H2,1H3,(H,19,23). The van der Waals surface area contributed by atoms with Crippen LogP contribution in [0.1, 0.15) is 15.2 Å². The lowest BCUT2D eigenvalue weighted by atomic mass is 10.2. The molecule has 1 saturated heterocycles. The average molecular weight is 347 g/mol. The van der Waals surface area contributed by atoms with Crippen molar-refractivity contribution < 1.29 is 14.0 Å². The number of carbonyl (C=O) groups is 2. The van der Waals surface area contributed by atoms with Gasteiger partial charge in [-0.15, -0.1) is 11.3 Å². The number of benzene rings is 1. The molecule has 0 bridgehead atoms. The molecule has 2 aromatic rings.